The van der Waals surface area contributed by atoms with Crippen molar-refractivity contribution in [3.8, 4) is 0 Å². The van der Waals surface area contributed by atoms with Gasteiger partial charge in [-0.2, -0.15) is 0 Å². The number of hydrogen-bond donors (Lipinski definition) is 1. The van der Waals surface area contributed by atoms with E-state index in [2.05, 4.69) is 5.32 Å². The van der Waals surface area contributed by atoms with E-state index >= 15 is 0 Å². The molecular formula is C8H16N2O2S. The van der Waals surface area contributed by atoms with Crippen molar-refractivity contribution >= 4 is 16.7 Å². The van der Waals surface area contributed by atoms with Crippen LogP contribution in [0.25, 0.3) is 0 Å². The molecule has 1 amide bonds. The number of hydrogen-bond acceptors (Lipinski definition) is 3. The maximum absolute atomic E-state index is 11.5. The lowest BCUT2D eigenvalue weighted by molar-refractivity contribution is -0.128. The summed E-state index contributed by atoms with van der Waals surface area (Å²) in [6.45, 7) is 5.04. The topological polar surface area (TPSA) is 49.4 Å². The highest BCUT2D eigenvalue weighted by atomic mass is 32.2. The third kappa shape index (κ3) is 3.44. The Morgan fingerprint density at radius 2 is 2.08 bits per heavy atom. The summed E-state index contributed by atoms with van der Waals surface area (Å²) >= 11 is 0. The first-order valence-corrected chi connectivity index (χ1v) is 6.06. The van der Waals surface area contributed by atoms with Gasteiger partial charge in [-0.05, 0) is 0 Å². The van der Waals surface area contributed by atoms with E-state index < -0.39 is 10.8 Å². The van der Waals surface area contributed by atoms with Crippen LogP contribution in [0, 0.1) is 0 Å². The molecule has 1 fully saturated rings. The van der Waals surface area contributed by atoms with Gasteiger partial charge in [0.15, 0.2) is 0 Å². The Balaban J connectivity index is 2.33. The second kappa shape index (κ2) is 5.34. The minimum Gasteiger partial charge on any atom is -0.339 e. The zero-order valence-electron chi connectivity index (χ0n) is 7.91. The Morgan fingerprint density at radius 3 is 2.62 bits per heavy atom. The number of carbonyl (C=O) groups is 1. The fourth-order valence-electron chi connectivity index (χ4n) is 1.25. The lowest BCUT2D eigenvalue weighted by Gasteiger charge is -2.27. The quantitative estimate of drug-likeness (QED) is 0.654. The molecule has 0 aromatic heterocycles. The molecule has 1 aliphatic rings. The SMILES string of the molecule is CCS(=O)CC(=O)N1CCNCC1. The van der Waals surface area contributed by atoms with Crippen LogP contribution in [0.4, 0.5) is 0 Å². The second-order valence-corrected chi connectivity index (χ2v) is 4.75. The number of carbonyl (C=O) groups excluding carboxylic acids is 1. The first kappa shape index (κ1) is 10.7. The van der Waals surface area contributed by atoms with Gasteiger partial charge in [0.1, 0.15) is 5.75 Å². The highest BCUT2D eigenvalue weighted by Crippen LogP contribution is 1.95. The summed E-state index contributed by atoms with van der Waals surface area (Å²) in [7, 11) is -0.970. The van der Waals surface area contributed by atoms with E-state index in [1.165, 1.54) is 0 Å². The zero-order chi connectivity index (χ0) is 9.68. The second-order valence-electron chi connectivity index (χ2n) is 3.00. The summed E-state index contributed by atoms with van der Waals surface area (Å²) in [5.41, 5.74) is 0. The van der Waals surface area contributed by atoms with E-state index in [-0.39, 0.29) is 11.7 Å². The molecule has 1 unspecified atom stereocenters. The number of nitrogens with zero attached hydrogens (tertiary/aromatic N) is 1. The van der Waals surface area contributed by atoms with Crippen LogP contribution in [-0.4, -0.2) is 52.7 Å². The third-order valence-electron chi connectivity index (χ3n) is 2.08. The van der Waals surface area contributed by atoms with Gasteiger partial charge < -0.3 is 10.2 Å². The van der Waals surface area contributed by atoms with Crippen LogP contribution in [0.2, 0.25) is 0 Å². The van der Waals surface area contributed by atoms with Gasteiger partial charge in [0.2, 0.25) is 5.91 Å². The molecule has 0 radical (unpaired) electrons. The van der Waals surface area contributed by atoms with Crippen molar-refractivity contribution in [1.29, 1.82) is 0 Å². The van der Waals surface area contributed by atoms with Crippen molar-refractivity contribution in [3.63, 3.8) is 0 Å². The van der Waals surface area contributed by atoms with Crippen LogP contribution in [0.15, 0.2) is 0 Å². The predicted molar refractivity (Wildman–Crippen MR) is 53.0 cm³/mol. The molecule has 4 nitrogen and oxygen atoms in total. The fraction of sp³-hybridized carbons (Fsp3) is 0.875. The van der Waals surface area contributed by atoms with Crippen molar-refractivity contribution in [3.05, 3.63) is 0 Å². The lowest BCUT2D eigenvalue weighted by atomic mass is 10.3. The van der Waals surface area contributed by atoms with E-state index in [1.54, 1.807) is 4.90 Å². The Kier molecular flexibility index (Phi) is 4.38. The lowest BCUT2D eigenvalue weighted by Crippen LogP contribution is -2.47. The highest BCUT2D eigenvalue weighted by molar-refractivity contribution is 7.85. The summed E-state index contributed by atoms with van der Waals surface area (Å²) in [5.74, 6) is 0.788. The Bertz CT molecular complexity index is 202. The van der Waals surface area contributed by atoms with E-state index in [1.807, 2.05) is 6.92 Å². The molecule has 0 bridgehead atoms. The normalized spacial score (nSPS) is 19.9. The van der Waals surface area contributed by atoms with Crippen LogP contribution in [0.3, 0.4) is 0 Å². The fourth-order valence-corrected chi connectivity index (χ4v) is 1.91. The minimum absolute atomic E-state index is 0.0293. The van der Waals surface area contributed by atoms with E-state index in [9.17, 15) is 9.00 Å². The molecule has 1 N–H and O–H groups in total. The molecule has 0 aliphatic carbocycles. The van der Waals surface area contributed by atoms with Gasteiger partial charge in [-0.3, -0.25) is 9.00 Å². The average molecular weight is 204 g/mol. The Morgan fingerprint density at radius 1 is 1.46 bits per heavy atom. The van der Waals surface area contributed by atoms with E-state index in [4.69, 9.17) is 0 Å². The van der Waals surface area contributed by atoms with E-state index in [0.29, 0.717) is 5.75 Å². The molecular weight excluding hydrogens is 188 g/mol. The molecule has 1 saturated heterocycles. The van der Waals surface area contributed by atoms with Gasteiger partial charge in [-0.15, -0.1) is 0 Å². The first-order chi connectivity index (χ1) is 6.24. The van der Waals surface area contributed by atoms with Crippen LogP contribution in [0.1, 0.15) is 6.92 Å². The molecule has 13 heavy (non-hydrogen) atoms. The molecule has 1 rings (SSSR count). The summed E-state index contributed by atoms with van der Waals surface area (Å²) in [5, 5.41) is 3.17. The monoisotopic (exact) mass is 204 g/mol. The molecule has 1 heterocycles. The van der Waals surface area contributed by atoms with Crippen molar-refractivity contribution in [2.24, 2.45) is 0 Å². The third-order valence-corrected chi connectivity index (χ3v) is 3.29. The smallest absolute Gasteiger partial charge is 0.235 e. The molecule has 0 aromatic rings. The molecule has 0 spiro atoms. The average Bonchev–Trinajstić information content (AvgIpc) is 2.19. The van der Waals surface area contributed by atoms with Crippen molar-refractivity contribution in [2.75, 3.05) is 37.7 Å². The van der Waals surface area contributed by atoms with Crippen LogP contribution < -0.4 is 5.32 Å². The van der Waals surface area contributed by atoms with Crippen LogP contribution >= 0.6 is 0 Å². The maximum Gasteiger partial charge on any atom is 0.235 e. The Labute approximate surface area is 81.1 Å². The van der Waals surface area contributed by atoms with E-state index in [0.717, 1.165) is 26.2 Å². The van der Waals surface area contributed by atoms with Crippen molar-refractivity contribution in [2.45, 2.75) is 6.92 Å². The largest absolute Gasteiger partial charge is 0.339 e. The van der Waals surface area contributed by atoms with Crippen LogP contribution in [-0.2, 0) is 15.6 Å². The highest BCUT2D eigenvalue weighted by Gasteiger charge is 2.17. The first-order valence-electron chi connectivity index (χ1n) is 4.57. The molecule has 0 saturated carbocycles. The molecule has 76 valence electrons. The van der Waals surface area contributed by atoms with Gasteiger partial charge in [0.25, 0.3) is 0 Å². The standard InChI is InChI=1S/C8H16N2O2S/c1-2-13(12)7-8(11)10-5-3-9-4-6-10/h9H,2-7H2,1H3. The van der Waals surface area contributed by atoms with Gasteiger partial charge in [-0.25, -0.2) is 0 Å². The Hall–Kier alpha value is -0.420. The van der Waals surface area contributed by atoms with Gasteiger partial charge in [-0.1, -0.05) is 6.92 Å². The minimum atomic E-state index is -0.970. The van der Waals surface area contributed by atoms with Gasteiger partial charge in [0.05, 0.1) is 0 Å². The summed E-state index contributed by atoms with van der Waals surface area (Å²) in [6, 6.07) is 0. The predicted octanol–water partition coefficient (Wildman–Crippen LogP) is -0.813. The van der Waals surface area contributed by atoms with Crippen LogP contribution in [0.5, 0.6) is 0 Å². The zero-order valence-corrected chi connectivity index (χ0v) is 8.73. The number of nitrogens with one attached hydrogen (secondary N) is 1. The maximum atomic E-state index is 11.5. The van der Waals surface area contributed by atoms with Crippen molar-refractivity contribution < 1.29 is 9.00 Å². The van der Waals surface area contributed by atoms with Gasteiger partial charge >= 0.3 is 0 Å². The number of amides is 1. The molecule has 5 heteroatoms. The number of rotatable bonds is 3. The number of piperazine rings is 1. The molecule has 0 aromatic carbocycles. The van der Waals surface area contributed by atoms with Crippen molar-refractivity contribution in [1.82, 2.24) is 10.2 Å². The molecule has 1 atom stereocenters. The summed E-state index contributed by atoms with van der Waals surface area (Å²) in [6.07, 6.45) is 0. The summed E-state index contributed by atoms with van der Waals surface area (Å²) in [4.78, 5) is 13.3. The summed E-state index contributed by atoms with van der Waals surface area (Å²) < 4.78 is 11.1. The molecule has 1 aliphatic heterocycles. The van der Waals surface area contributed by atoms with Gasteiger partial charge in [0, 0.05) is 42.7 Å².